The molecule has 0 radical (unpaired) electrons. The molecule has 7 heteroatoms. The van der Waals surface area contributed by atoms with E-state index >= 15 is 0 Å². The molecule has 1 N–H and O–H groups in total. The average Bonchev–Trinajstić information content (AvgIpc) is 2.89. The Hall–Kier alpha value is -0.730. The van der Waals surface area contributed by atoms with Crippen molar-refractivity contribution in [1.82, 2.24) is 9.62 Å². The molecule has 0 bridgehead atoms. The smallest absolute Gasteiger partial charge is 0.179 e. The minimum atomic E-state index is 0.337. The molecular formula is C14H16Br2N4S. The zero-order valence-corrected chi connectivity index (χ0v) is 15.6. The minimum absolute atomic E-state index is 0.337. The van der Waals surface area contributed by atoms with Crippen molar-refractivity contribution in [3.05, 3.63) is 27.1 Å². The Morgan fingerprint density at radius 3 is 2.71 bits per heavy atom. The highest BCUT2D eigenvalue weighted by Gasteiger charge is 2.17. The second kappa shape index (κ2) is 10.1. The molecule has 1 aliphatic rings. The van der Waals surface area contributed by atoms with Gasteiger partial charge in [-0.2, -0.15) is 10.5 Å². The number of rotatable bonds is 3. The van der Waals surface area contributed by atoms with Gasteiger partial charge >= 0.3 is 0 Å². The molecule has 1 atom stereocenters. The third-order valence-corrected chi connectivity index (χ3v) is 5.20. The van der Waals surface area contributed by atoms with E-state index in [1.165, 1.54) is 24.8 Å². The topological polar surface area (TPSA) is 62.9 Å². The van der Waals surface area contributed by atoms with Gasteiger partial charge in [0, 0.05) is 26.4 Å². The van der Waals surface area contributed by atoms with Crippen molar-refractivity contribution >= 4 is 43.8 Å². The second-order valence-electron chi connectivity index (χ2n) is 4.44. The number of hydrogen-bond acceptors (Lipinski definition) is 5. The van der Waals surface area contributed by atoms with Gasteiger partial charge in [0.05, 0.1) is 12.6 Å². The van der Waals surface area contributed by atoms with Crippen LogP contribution in [-0.2, 0) is 0 Å². The summed E-state index contributed by atoms with van der Waals surface area (Å²) < 4.78 is 4.97. The minimum Gasteiger partial charge on any atom is -0.308 e. The molecule has 4 nitrogen and oxygen atoms in total. The van der Waals surface area contributed by atoms with Gasteiger partial charge in [-0.1, -0.05) is 15.9 Å². The van der Waals surface area contributed by atoms with E-state index in [2.05, 4.69) is 49.7 Å². The quantitative estimate of drug-likeness (QED) is 0.335. The summed E-state index contributed by atoms with van der Waals surface area (Å²) >= 11 is 8.23. The highest BCUT2D eigenvalue weighted by Crippen LogP contribution is 2.28. The SMILES string of the molecule is C[C@H]1CCCN1C#N.N#CCNSc1cc(Br)ccc1Br. The van der Waals surface area contributed by atoms with Crippen LogP contribution in [0.4, 0.5) is 0 Å². The first-order valence-corrected chi connectivity index (χ1v) is 8.86. The third-order valence-electron chi connectivity index (χ3n) is 2.91. The van der Waals surface area contributed by atoms with Crippen LogP contribution in [0.2, 0.25) is 0 Å². The van der Waals surface area contributed by atoms with Crippen LogP contribution in [0.5, 0.6) is 0 Å². The summed E-state index contributed by atoms with van der Waals surface area (Å²) in [6.45, 7) is 3.40. The van der Waals surface area contributed by atoms with Gasteiger partial charge in [-0.05, 0) is 65.8 Å². The van der Waals surface area contributed by atoms with E-state index in [0.29, 0.717) is 12.6 Å². The van der Waals surface area contributed by atoms with Gasteiger partial charge in [0.25, 0.3) is 0 Å². The Morgan fingerprint density at radius 2 is 2.19 bits per heavy atom. The van der Waals surface area contributed by atoms with Crippen LogP contribution in [0.3, 0.4) is 0 Å². The summed E-state index contributed by atoms with van der Waals surface area (Å²) in [6, 6.07) is 8.41. The standard InChI is InChI=1S/C8H6Br2N2S.C6H10N2/c9-6-1-2-7(10)8(5-6)13-12-4-3-11;1-6-3-2-4-8(6)5-7/h1-2,5,12H,4H2;6H,2-4H2,1H3/t;6-/m.0/s1. The lowest BCUT2D eigenvalue weighted by atomic mass is 10.2. The van der Waals surface area contributed by atoms with Crippen LogP contribution in [0.25, 0.3) is 0 Å². The molecule has 0 aromatic heterocycles. The van der Waals surface area contributed by atoms with E-state index in [4.69, 9.17) is 10.5 Å². The van der Waals surface area contributed by atoms with Crippen molar-refractivity contribution in [1.29, 1.82) is 10.5 Å². The highest BCUT2D eigenvalue weighted by molar-refractivity contribution is 9.11. The summed E-state index contributed by atoms with van der Waals surface area (Å²) in [7, 11) is 0. The highest BCUT2D eigenvalue weighted by atomic mass is 79.9. The van der Waals surface area contributed by atoms with Crippen molar-refractivity contribution in [2.24, 2.45) is 0 Å². The van der Waals surface area contributed by atoms with Crippen LogP contribution < -0.4 is 4.72 Å². The molecule has 1 heterocycles. The van der Waals surface area contributed by atoms with E-state index in [-0.39, 0.29) is 0 Å². The normalized spacial score (nSPS) is 16.6. The maximum atomic E-state index is 8.41. The lowest BCUT2D eigenvalue weighted by Gasteiger charge is -2.10. The Bertz CT molecular complexity index is 539. The number of nitriles is 2. The number of nitrogens with zero attached hydrogens (tertiary/aromatic N) is 3. The average molecular weight is 432 g/mol. The van der Waals surface area contributed by atoms with Gasteiger partial charge < -0.3 is 4.90 Å². The van der Waals surface area contributed by atoms with Crippen LogP contribution in [0.15, 0.2) is 32.0 Å². The molecule has 0 amide bonds. The number of likely N-dealkylation sites (tertiary alicyclic amines) is 1. The van der Waals surface area contributed by atoms with Gasteiger partial charge in [0.2, 0.25) is 0 Å². The van der Waals surface area contributed by atoms with Gasteiger partial charge in [0.15, 0.2) is 6.19 Å². The number of benzene rings is 1. The van der Waals surface area contributed by atoms with Crippen molar-refractivity contribution < 1.29 is 0 Å². The Kier molecular flexibility index (Phi) is 8.79. The third kappa shape index (κ3) is 6.71. The van der Waals surface area contributed by atoms with E-state index in [0.717, 1.165) is 20.4 Å². The zero-order valence-electron chi connectivity index (χ0n) is 11.6. The summed E-state index contributed by atoms with van der Waals surface area (Å²) in [5.74, 6) is 0. The Labute approximate surface area is 146 Å². The molecular weight excluding hydrogens is 416 g/mol. The number of hydrogen-bond donors (Lipinski definition) is 1. The largest absolute Gasteiger partial charge is 0.308 e. The van der Waals surface area contributed by atoms with E-state index in [9.17, 15) is 0 Å². The number of nitrogens with one attached hydrogen (secondary N) is 1. The van der Waals surface area contributed by atoms with Gasteiger partial charge in [0.1, 0.15) is 0 Å². The molecule has 0 unspecified atom stereocenters. The maximum Gasteiger partial charge on any atom is 0.179 e. The first-order chi connectivity index (χ1) is 10.1. The van der Waals surface area contributed by atoms with Crippen molar-refractivity contribution in [3.63, 3.8) is 0 Å². The monoisotopic (exact) mass is 430 g/mol. The molecule has 21 heavy (non-hydrogen) atoms. The molecule has 1 aliphatic heterocycles. The van der Waals surface area contributed by atoms with Gasteiger partial charge in [-0.3, -0.25) is 0 Å². The van der Waals surface area contributed by atoms with E-state index in [1.54, 1.807) is 0 Å². The summed E-state index contributed by atoms with van der Waals surface area (Å²) in [4.78, 5) is 2.89. The molecule has 2 rings (SSSR count). The van der Waals surface area contributed by atoms with E-state index < -0.39 is 0 Å². The van der Waals surface area contributed by atoms with Gasteiger partial charge in [-0.15, -0.1) is 0 Å². The molecule has 0 aliphatic carbocycles. The molecule has 1 fully saturated rings. The molecule has 1 saturated heterocycles. The van der Waals surface area contributed by atoms with E-state index in [1.807, 2.05) is 29.2 Å². The molecule has 1 aromatic rings. The predicted molar refractivity (Wildman–Crippen MR) is 92.3 cm³/mol. The summed E-state index contributed by atoms with van der Waals surface area (Å²) in [6.07, 6.45) is 4.52. The number of halogens is 2. The second-order valence-corrected chi connectivity index (χ2v) is 7.14. The lowest BCUT2D eigenvalue weighted by molar-refractivity contribution is 0.388. The first kappa shape index (κ1) is 18.3. The molecule has 0 saturated carbocycles. The van der Waals surface area contributed by atoms with Crippen molar-refractivity contribution in [2.45, 2.75) is 30.7 Å². The van der Waals surface area contributed by atoms with Crippen LogP contribution in [0.1, 0.15) is 19.8 Å². The van der Waals surface area contributed by atoms with Crippen LogP contribution >= 0.6 is 43.8 Å². The maximum absolute atomic E-state index is 8.41. The fourth-order valence-corrected chi connectivity index (χ4v) is 3.43. The lowest BCUT2D eigenvalue weighted by Crippen LogP contribution is -2.20. The fraction of sp³-hybridized carbons (Fsp3) is 0.429. The zero-order chi connectivity index (χ0) is 15.7. The predicted octanol–water partition coefficient (Wildman–Crippen LogP) is 4.28. The van der Waals surface area contributed by atoms with Gasteiger partial charge in [-0.25, -0.2) is 4.72 Å². The van der Waals surface area contributed by atoms with Crippen molar-refractivity contribution in [2.75, 3.05) is 13.1 Å². The van der Waals surface area contributed by atoms with Crippen LogP contribution in [0, 0.1) is 22.8 Å². The Morgan fingerprint density at radius 1 is 1.43 bits per heavy atom. The first-order valence-electron chi connectivity index (χ1n) is 6.46. The van der Waals surface area contributed by atoms with Crippen LogP contribution in [-0.4, -0.2) is 24.0 Å². The Balaban J connectivity index is 0.000000235. The van der Waals surface area contributed by atoms with Crippen molar-refractivity contribution in [3.8, 4) is 12.3 Å². The molecule has 112 valence electrons. The molecule has 0 spiro atoms. The summed E-state index contributed by atoms with van der Waals surface area (Å²) in [5.41, 5.74) is 0. The molecule has 1 aromatic carbocycles. The summed E-state index contributed by atoms with van der Waals surface area (Å²) in [5, 5.41) is 16.7. The fourth-order valence-electron chi connectivity index (χ4n) is 1.78.